The van der Waals surface area contributed by atoms with E-state index >= 15 is 4.39 Å². The molecule has 33 heavy (non-hydrogen) atoms. The number of halogens is 6. The zero-order chi connectivity index (χ0) is 24.3. The second kappa shape index (κ2) is 10.4. The van der Waals surface area contributed by atoms with Crippen LogP contribution >= 0.6 is 23.2 Å². The van der Waals surface area contributed by atoms with Crippen LogP contribution in [0, 0.1) is 11.6 Å². The molecule has 0 atom stereocenters. The number of alkyl halides is 2. The summed E-state index contributed by atoms with van der Waals surface area (Å²) in [6, 6.07) is 8.42. The lowest BCUT2D eigenvalue weighted by atomic mass is 9.96. The number of hydrogen-bond acceptors (Lipinski definition) is 3. The highest BCUT2D eigenvalue weighted by molar-refractivity contribution is 6.36. The third-order valence-electron chi connectivity index (χ3n) is 4.90. The molecule has 0 aromatic heterocycles. The number of phenolic OH excluding ortho intramolecular Hbond substituents is 1. The van der Waals surface area contributed by atoms with Crippen molar-refractivity contribution in [2.45, 2.75) is 25.9 Å². The van der Waals surface area contributed by atoms with E-state index in [4.69, 9.17) is 23.2 Å². The first-order chi connectivity index (χ1) is 15.6. The maximum atomic E-state index is 15.4. The van der Waals surface area contributed by atoms with E-state index in [-0.39, 0.29) is 27.8 Å². The summed E-state index contributed by atoms with van der Waals surface area (Å²) in [7, 11) is 0. The fourth-order valence-electron chi connectivity index (χ4n) is 3.32. The largest absolute Gasteiger partial charge is 0.513 e. The molecule has 0 heterocycles. The normalized spacial score (nSPS) is 11.1. The highest BCUT2D eigenvalue weighted by Crippen LogP contribution is 2.39. The fourth-order valence-corrected chi connectivity index (χ4v) is 3.99. The van der Waals surface area contributed by atoms with Crippen LogP contribution in [0.15, 0.2) is 54.8 Å². The van der Waals surface area contributed by atoms with Crippen molar-refractivity contribution in [2.75, 3.05) is 0 Å². The van der Waals surface area contributed by atoms with E-state index in [1.54, 1.807) is 12.1 Å². The average Bonchev–Trinajstić information content (AvgIpc) is 2.72. The molecule has 0 aliphatic heterocycles. The van der Waals surface area contributed by atoms with E-state index in [0.29, 0.717) is 18.4 Å². The number of aryl methyl sites for hydroxylation is 1. The maximum absolute atomic E-state index is 15.4. The van der Waals surface area contributed by atoms with Gasteiger partial charge in [-0.1, -0.05) is 35.8 Å². The first kappa shape index (κ1) is 24.7. The lowest BCUT2D eigenvalue weighted by Crippen LogP contribution is -2.03. The molecule has 0 unspecified atom stereocenters. The lowest BCUT2D eigenvalue weighted by Gasteiger charge is -2.15. The van der Waals surface area contributed by atoms with E-state index in [1.165, 1.54) is 6.07 Å². The molecule has 0 saturated carbocycles. The van der Waals surface area contributed by atoms with Gasteiger partial charge in [-0.05, 0) is 59.5 Å². The fraction of sp³-hybridized carbons (Fsp3) is 0.167. The highest BCUT2D eigenvalue weighted by Gasteiger charge is 2.21. The van der Waals surface area contributed by atoms with Crippen LogP contribution in [-0.2, 0) is 12.8 Å². The quantitative estimate of drug-likeness (QED) is 0.244. The van der Waals surface area contributed by atoms with Crippen molar-refractivity contribution in [1.29, 1.82) is 0 Å². The topological polar surface area (TPSA) is 49.7 Å². The Bertz CT molecular complexity index is 1180. The highest BCUT2D eigenvalue weighted by atomic mass is 35.5. The Morgan fingerprint density at radius 2 is 1.70 bits per heavy atom. The van der Waals surface area contributed by atoms with E-state index in [9.17, 15) is 23.4 Å². The number of phenols is 1. The minimum Gasteiger partial charge on any atom is -0.513 e. The molecule has 0 aliphatic carbocycles. The van der Waals surface area contributed by atoms with E-state index in [1.807, 2.05) is 0 Å². The summed E-state index contributed by atoms with van der Waals surface area (Å²) in [6.45, 7) is 0.263. The second-order valence-electron chi connectivity index (χ2n) is 7.23. The van der Waals surface area contributed by atoms with Gasteiger partial charge in [0.25, 0.3) is 0 Å². The summed E-state index contributed by atoms with van der Waals surface area (Å²) >= 11 is 12.7. The molecule has 0 amide bonds. The molecule has 0 bridgehead atoms. The number of ether oxygens (including phenoxy) is 1. The van der Waals surface area contributed by atoms with Gasteiger partial charge in [-0.3, -0.25) is 0 Å². The monoisotopic (exact) mass is 500 g/mol. The van der Waals surface area contributed by atoms with Crippen molar-refractivity contribution in [2.24, 2.45) is 0 Å². The molecule has 174 valence electrons. The van der Waals surface area contributed by atoms with Gasteiger partial charge in [-0.15, -0.1) is 0 Å². The Hall–Kier alpha value is -2.90. The molecular formula is C24H18Cl2F4O3. The molecule has 0 spiro atoms. The number of aliphatic hydroxyl groups excluding tert-OH is 1. The van der Waals surface area contributed by atoms with Crippen LogP contribution in [0.4, 0.5) is 17.6 Å². The van der Waals surface area contributed by atoms with Crippen LogP contribution < -0.4 is 4.74 Å². The van der Waals surface area contributed by atoms with Gasteiger partial charge in [0.1, 0.15) is 23.1 Å². The van der Waals surface area contributed by atoms with Crippen LogP contribution in [0.5, 0.6) is 11.5 Å². The van der Waals surface area contributed by atoms with Gasteiger partial charge in [0.15, 0.2) is 0 Å². The van der Waals surface area contributed by atoms with Crippen molar-refractivity contribution in [1.82, 2.24) is 0 Å². The van der Waals surface area contributed by atoms with Crippen molar-refractivity contribution >= 4 is 23.2 Å². The van der Waals surface area contributed by atoms with Crippen LogP contribution in [0.1, 0.15) is 23.1 Å². The SMILES string of the molecule is C=C(O)CCc1cc(Cl)c(Cc2ccc(O)c(-c3cc(OC(F)F)ccc3F)c2F)c(Cl)c1. The Morgan fingerprint density at radius 1 is 1.03 bits per heavy atom. The summed E-state index contributed by atoms with van der Waals surface area (Å²) in [6.07, 6.45) is 0.684. The number of aromatic hydroxyl groups is 1. The molecule has 9 heteroatoms. The third kappa shape index (κ3) is 5.92. The van der Waals surface area contributed by atoms with Crippen LogP contribution in [-0.4, -0.2) is 16.8 Å². The van der Waals surface area contributed by atoms with Gasteiger partial charge in [0.2, 0.25) is 0 Å². The molecule has 0 radical (unpaired) electrons. The van der Waals surface area contributed by atoms with Crippen LogP contribution in [0.3, 0.4) is 0 Å². The maximum Gasteiger partial charge on any atom is 0.387 e. The molecule has 3 aromatic carbocycles. The number of aliphatic hydroxyl groups is 1. The summed E-state index contributed by atoms with van der Waals surface area (Å²) in [4.78, 5) is 0. The lowest BCUT2D eigenvalue weighted by molar-refractivity contribution is -0.0498. The molecule has 3 nitrogen and oxygen atoms in total. The standard InChI is InChI=1S/C24H18Cl2F4O3/c1-12(31)2-3-13-8-18(25)16(19(26)9-13)10-14-4-7-21(32)22(23(14)28)17-11-15(33-24(29)30)5-6-20(17)27/h4-9,11,24,31-32H,1-3,10H2. The van der Waals surface area contributed by atoms with Crippen molar-refractivity contribution in [3.8, 4) is 22.6 Å². The number of allylic oxidation sites excluding steroid dienone is 1. The van der Waals surface area contributed by atoms with Gasteiger partial charge in [0.05, 0.1) is 11.3 Å². The molecule has 3 rings (SSSR count). The van der Waals surface area contributed by atoms with Gasteiger partial charge in [-0.2, -0.15) is 8.78 Å². The van der Waals surface area contributed by atoms with Gasteiger partial charge in [0, 0.05) is 28.5 Å². The van der Waals surface area contributed by atoms with Gasteiger partial charge < -0.3 is 14.9 Å². The molecule has 3 aromatic rings. The van der Waals surface area contributed by atoms with E-state index in [2.05, 4.69) is 11.3 Å². The van der Waals surface area contributed by atoms with Crippen LogP contribution in [0.2, 0.25) is 10.0 Å². The zero-order valence-electron chi connectivity index (χ0n) is 17.0. The number of hydrogen-bond donors (Lipinski definition) is 2. The molecule has 0 aliphatic rings. The van der Waals surface area contributed by atoms with Crippen molar-refractivity contribution in [3.05, 3.63) is 93.2 Å². The van der Waals surface area contributed by atoms with E-state index in [0.717, 1.165) is 29.8 Å². The number of rotatable bonds is 8. The predicted octanol–water partition coefficient (Wildman–Crippen LogP) is 7.84. The van der Waals surface area contributed by atoms with Crippen molar-refractivity contribution in [3.63, 3.8) is 0 Å². The van der Waals surface area contributed by atoms with Gasteiger partial charge in [-0.25, -0.2) is 8.78 Å². The Morgan fingerprint density at radius 3 is 2.30 bits per heavy atom. The first-order valence-corrected chi connectivity index (χ1v) is 10.4. The molecule has 2 N–H and O–H groups in total. The first-order valence-electron chi connectivity index (χ1n) is 9.65. The minimum atomic E-state index is -3.16. The second-order valence-corrected chi connectivity index (χ2v) is 8.05. The average molecular weight is 501 g/mol. The summed E-state index contributed by atoms with van der Waals surface area (Å²) in [5.41, 5.74) is 0.240. The zero-order valence-corrected chi connectivity index (χ0v) is 18.5. The van der Waals surface area contributed by atoms with E-state index < -0.39 is 40.9 Å². The predicted molar refractivity (Wildman–Crippen MR) is 119 cm³/mol. The Labute approximate surface area is 197 Å². The third-order valence-corrected chi connectivity index (χ3v) is 5.58. The smallest absolute Gasteiger partial charge is 0.387 e. The van der Waals surface area contributed by atoms with Crippen molar-refractivity contribution < 1.29 is 32.5 Å². The molecule has 0 fully saturated rings. The molecule has 0 saturated heterocycles. The summed E-state index contributed by atoms with van der Waals surface area (Å²) in [5.74, 6) is -2.86. The summed E-state index contributed by atoms with van der Waals surface area (Å²) < 4.78 is 59.1. The van der Waals surface area contributed by atoms with Gasteiger partial charge >= 0.3 is 6.61 Å². The summed E-state index contributed by atoms with van der Waals surface area (Å²) in [5, 5.41) is 20.0. The number of benzene rings is 3. The Kier molecular flexibility index (Phi) is 7.76. The Balaban J connectivity index is 2.00. The minimum absolute atomic E-state index is 0.0141. The van der Waals surface area contributed by atoms with Crippen LogP contribution in [0.25, 0.3) is 11.1 Å². The molecular weight excluding hydrogens is 483 g/mol.